The largest absolute Gasteiger partial charge is 0.494 e. The van der Waals surface area contributed by atoms with Gasteiger partial charge in [-0.2, -0.15) is 0 Å². The molecule has 112 valence electrons. The van der Waals surface area contributed by atoms with E-state index < -0.39 is 0 Å². The van der Waals surface area contributed by atoms with E-state index in [1.807, 2.05) is 32.9 Å². The van der Waals surface area contributed by atoms with Crippen molar-refractivity contribution in [1.82, 2.24) is 0 Å². The fourth-order valence-electron chi connectivity index (χ4n) is 1.33. The maximum Gasteiger partial charge on any atom is 0.119 e. The third kappa shape index (κ3) is 10.5. The molecule has 1 unspecified atom stereocenters. The second kappa shape index (κ2) is 13.4. The van der Waals surface area contributed by atoms with Gasteiger partial charge in [0.15, 0.2) is 0 Å². The van der Waals surface area contributed by atoms with Gasteiger partial charge < -0.3 is 16.2 Å². The highest BCUT2D eigenvalue weighted by molar-refractivity contribution is 5.30. The molecule has 0 spiro atoms. The Balaban J connectivity index is 0. The molecule has 0 aromatic heterocycles. The maximum absolute atomic E-state index is 5.65. The van der Waals surface area contributed by atoms with E-state index in [9.17, 15) is 0 Å². The molecule has 0 saturated carbocycles. The lowest BCUT2D eigenvalue weighted by molar-refractivity contribution is 0.300. The number of ether oxygens (including phenoxy) is 1. The molecule has 1 aromatic rings. The van der Waals surface area contributed by atoms with Gasteiger partial charge in [-0.1, -0.05) is 39.8 Å². The minimum atomic E-state index is 0.207. The number of hydrogen-bond donors (Lipinski definition) is 2. The number of benzene rings is 1. The van der Waals surface area contributed by atoms with Crippen molar-refractivity contribution >= 4 is 0 Å². The first-order valence-electron chi connectivity index (χ1n) is 7.15. The van der Waals surface area contributed by atoms with Crippen LogP contribution in [0.2, 0.25) is 0 Å². The van der Waals surface area contributed by atoms with E-state index in [1.54, 1.807) is 0 Å². The quantitative estimate of drug-likeness (QED) is 0.859. The molecule has 0 radical (unpaired) electrons. The Labute approximate surface area is 119 Å². The van der Waals surface area contributed by atoms with Crippen LogP contribution in [0, 0.1) is 0 Å². The van der Waals surface area contributed by atoms with Crippen LogP contribution in [0.5, 0.6) is 5.75 Å². The average molecular weight is 268 g/mol. The van der Waals surface area contributed by atoms with Gasteiger partial charge >= 0.3 is 0 Å². The molecule has 0 aliphatic carbocycles. The molecule has 0 amide bonds. The molecular formula is C16H32N2O. The number of rotatable bonds is 5. The van der Waals surface area contributed by atoms with Crippen molar-refractivity contribution in [2.75, 3.05) is 13.7 Å². The van der Waals surface area contributed by atoms with Crippen LogP contribution < -0.4 is 16.2 Å². The van der Waals surface area contributed by atoms with Gasteiger partial charge in [-0.3, -0.25) is 0 Å². The second-order valence-corrected chi connectivity index (χ2v) is 4.34. The topological polar surface area (TPSA) is 61.3 Å². The third-order valence-corrected chi connectivity index (χ3v) is 2.37. The van der Waals surface area contributed by atoms with E-state index in [0.717, 1.165) is 12.2 Å². The van der Waals surface area contributed by atoms with Crippen LogP contribution in [0.1, 0.15) is 52.5 Å². The summed E-state index contributed by atoms with van der Waals surface area (Å²) < 4.78 is 5.63. The van der Waals surface area contributed by atoms with Crippen molar-refractivity contribution < 1.29 is 4.74 Å². The smallest absolute Gasteiger partial charge is 0.119 e. The Morgan fingerprint density at radius 3 is 2.16 bits per heavy atom. The first kappa shape index (κ1) is 20.3. The van der Waals surface area contributed by atoms with Gasteiger partial charge in [-0.25, -0.2) is 0 Å². The molecule has 1 rings (SSSR count). The first-order valence-corrected chi connectivity index (χ1v) is 7.15. The molecule has 3 heteroatoms. The molecule has 0 heterocycles. The fraction of sp³-hybridized carbons (Fsp3) is 0.625. The van der Waals surface area contributed by atoms with E-state index in [0.29, 0.717) is 12.5 Å². The average Bonchev–Trinajstić information content (AvgIpc) is 2.43. The van der Waals surface area contributed by atoms with Crippen molar-refractivity contribution in [1.29, 1.82) is 0 Å². The summed E-state index contributed by atoms with van der Waals surface area (Å²) in [6.45, 7) is 11.1. The normalized spacial score (nSPS) is 10.8. The van der Waals surface area contributed by atoms with Crippen molar-refractivity contribution in [3.05, 3.63) is 29.8 Å². The van der Waals surface area contributed by atoms with Gasteiger partial charge in [0.1, 0.15) is 5.75 Å². The second-order valence-electron chi connectivity index (χ2n) is 4.34. The van der Waals surface area contributed by atoms with E-state index in [-0.39, 0.29) is 6.04 Å². The first-order chi connectivity index (χ1) is 9.09. The number of nitrogens with two attached hydrogens (primary N) is 2. The lowest BCUT2D eigenvalue weighted by atomic mass is 10.0. The molecule has 0 bridgehead atoms. The van der Waals surface area contributed by atoms with Crippen molar-refractivity contribution in [2.24, 2.45) is 11.5 Å². The molecule has 4 N–H and O–H groups in total. The summed E-state index contributed by atoms with van der Waals surface area (Å²) in [5.41, 5.74) is 11.5. The Hall–Kier alpha value is -1.06. The maximum atomic E-state index is 5.65. The Bertz CT molecular complexity index is 299. The lowest BCUT2D eigenvalue weighted by Gasteiger charge is -2.10. The Morgan fingerprint density at radius 2 is 1.68 bits per heavy atom. The van der Waals surface area contributed by atoms with Crippen LogP contribution >= 0.6 is 0 Å². The van der Waals surface area contributed by atoms with Gasteiger partial charge in [-0.05, 0) is 44.0 Å². The van der Waals surface area contributed by atoms with Crippen LogP contribution in [-0.4, -0.2) is 19.7 Å². The number of hydrogen-bond acceptors (Lipinski definition) is 3. The highest BCUT2D eigenvalue weighted by atomic mass is 16.5. The molecule has 1 aromatic carbocycles. The molecule has 3 nitrogen and oxygen atoms in total. The summed E-state index contributed by atoms with van der Waals surface area (Å²) in [7, 11) is 1.50. The van der Waals surface area contributed by atoms with Crippen molar-refractivity contribution in [3.8, 4) is 5.75 Å². The van der Waals surface area contributed by atoms with Crippen LogP contribution in [0.4, 0.5) is 0 Å². The Kier molecular flexibility index (Phi) is 14.3. The van der Waals surface area contributed by atoms with Crippen LogP contribution in [0.3, 0.4) is 0 Å². The summed E-state index contributed by atoms with van der Waals surface area (Å²) in [4.78, 5) is 0. The van der Waals surface area contributed by atoms with E-state index in [1.165, 1.54) is 12.6 Å². The predicted molar refractivity (Wildman–Crippen MR) is 85.8 cm³/mol. The molecule has 0 aliphatic rings. The lowest BCUT2D eigenvalue weighted by Crippen LogP contribution is -2.18. The zero-order chi connectivity index (χ0) is 15.3. The van der Waals surface area contributed by atoms with Crippen LogP contribution in [0.15, 0.2) is 24.3 Å². The SMILES string of the molecule is CC.CC(N)CCOc1cccc(C(C)C)c1.CN. The predicted octanol–water partition coefficient (Wildman–Crippen LogP) is 3.53. The van der Waals surface area contributed by atoms with Gasteiger partial charge in [0, 0.05) is 6.04 Å². The molecule has 1 atom stereocenters. The van der Waals surface area contributed by atoms with E-state index >= 15 is 0 Å². The van der Waals surface area contributed by atoms with Crippen LogP contribution in [-0.2, 0) is 0 Å². The molecular weight excluding hydrogens is 236 g/mol. The van der Waals surface area contributed by atoms with Gasteiger partial charge in [-0.15, -0.1) is 0 Å². The zero-order valence-corrected chi connectivity index (χ0v) is 13.4. The molecule has 19 heavy (non-hydrogen) atoms. The van der Waals surface area contributed by atoms with Gasteiger partial charge in [0.2, 0.25) is 0 Å². The standard InChI is InChI=1S/C13H21NO.C2H6.CH5N/c1-10(2)12-5-4-6-13(9-12)15-8-7-11(3)14;2*1-2/h4-6,9-11H,7-8,14H2,1-3H3;1-2H3;2H2,1H3. The van der Waals surface area contributed by atoms with Gasteiger partial charge in [0.05, 0.1) is 6.61 Å². The summed E-state index contributed by atoms with van der Waals surface area (Å²) in [5.74, 6) is 1.49. The third-order valence-electron chi connectivity index (χ3n) is 2.37. The summed E-state index contributed by atoms with van der Waals surface area (Å²) >= 11 is 0. The monoisotopic (exact) mass is 268 g/mol. The van der Waals surface area contributed by atoms with E-state index in [2.05, 4.69) is 31.7 Å². The zero-order valence-electron chi connectivity index (χ0n) is 13.4. The molecule has 0 fully saturated rings. The fourth-order valence-corrected chi connectivity index (χ4v) is 1.33. The minimum Gasteiger partial charge on any atom is -0.494 e. The van der Waals surface area contributed by atoms with Crippen molar-refractivity contribution in [3.63, 3.8) is 0 Å². The molecule has 0 aliphatic heterocycles. The van der Waals surface area contributed by atoms with Gasteiger partial charge in [0.25, 0.3) is 0 Å². The highest BCUT2D eigenvalue weighted by Crippen LogP contribution is 2.20. The summed E-state index contributed by atoms with van der Waals surface area (Å²) in [6.07, 6.45) is 0.895. The van der Waals surface area contributed by atoms with Crippen LogP contribution in [0.25, 0.3) is 0 Å². The summed E-state index contributed by atoms with van der Waals surface area (Å²) in [6, 6.07) is 8.47. The summed E-state index contributed by atoms with van der Waals surface area (Å²) in [5, 5.41) is 0. The van der Waals surface area contributed by atoms with E-state index in [4.69, 9.17) is 10.5 Å². The van der Waals surface area contributed by atoms with Crippen molar-refractivity contribution in [2.45, 2.75) is 53.0 Å². The highest BCUT2D eigenvalue weighted by Gasteiger charge is 2.01. The molecule has 0 saturated heterocycles. The minimum absolute atomic E-state index is 0.207. The Morgan fingerprint density at radius 1 is 1.11 bits per heavy atom.